The average Bonchev–Trinajstić information content (AvgIpc) is 2.81. The number of benzene rings is 3. The number of nitriles is 1. The summed E-state index contributed by atoms with van der Waals surface area (Å²) in [7, 11) is 0. The van der Waals surface area contributed by atoms with Gasteiger partial charge in [0, 0.05) is 20.2 Å². The van der Waals surface area contributed by atoms with Crippen LogP contribution in [-0.2, 0) is 11.4 Å². The van der Waals surface area contributed by atoms with Gasteiger partial charge in [0.25, 0.3) is 5.91 Å². The van der Waals surface area contributed by atoms with Gasteiger partial charge in [0.05, 0.1) is 6.61 Å². The Morgan fingerprint density at radius 1 is 1.06 bits per heavy atom. The Kier molecular flexibility index (Phi) is 9.00. The first-order chi connectivity index (χ1) is 16.3. The number of amides is 1. The van der Waals surface area contributed by atoms with E-state index in [0.717, 1.165) is 11.1 Å². The minimum Gasteiger partial charge on any atom is -0.490 e. The Balaban J connectivity index is 1.86. The molecule has 5 nitrogen and oxygen atoms in total. The molecule has 3 aromatic rings. The van der Waals surface area contributed by atoms with Gasteiger partial charge < -0.3 is 14.8 Å². The Morgan fingerprint density at radius 2 is 1.74 bits per heavy atom. The third-order valence-corrected chi connectivity index (χ3v) is 5.96. The number of carbonyl (C=O) groups excluding carboxylic acids is 1. The van der Waals surface area contributed by atoms with Gasteiger partial charge in [-0.15, -0.1) is 0 Å². The van der Waals surface area contributed by atoms with E-state index in [1.54, 1.807) is 42.5 Å². The van der Waals surface area contributed by atoms with Crippen LogP contribution in [-0.4, -0.2) is 12.5 Å². The van der Waals surface area contributed by atoms with E-state index < -0.39 is 5.91 Å². The number of halogens is 3. The van der Waals surface area contributed by atoms with Crippen LogP contribution in [0.25, 0.3) is 6.08 Å². The summed E-state index contributed by atoms with van der Waals surface area (Å²) >= 11 is 15.5. The molecule has 0 unspecified atom stereocenters. The molecule has 1 N–H and O–H groups in total. The van der Waals surface area contributed by atoms with E-state index in [4.69, 9.17) is 32.7 Å². The second-order valence-corrected chi connectivity index (χ2v) is 8.98. The molecule has 3 aromatic carbocycles. The van der Waals surface area contributed by atoms with Crippen LogP contribution >= 0.6 is 39.1 Å². The first-order valence-electron chi connectivity index (χ1n) is 10.3. The largest absolute Gasteiger partial charge is 0.490 e. The maximum absolute atomic E-state index is 12.8. The summed E-state index contributed by atoms with van der Waals surface area (Å²) in [5.74, 6) is 0.480. The van der Waals surface area contributed by atoms with Crippen LogP contribution in [0.4, 0.5) is 5.69 Å². The van der Waals surface area contributed by atoms with Crippen LogP contribution in [0.1, 0.15) is 23.6 Å². The molecule has 0 heterocycles. The van der Waals surface area contributed by atoms with Crippen molar-refractivity contribution < 1.29 is 14.3 Å². The molecule has 34 heavy (non-hydrogen) atoms. The quantitative estimate of drug-likeness (QED) is 0.228. The number of rotatable bonds is 8. The highest BCUT2D eigenvalue weighted by Crippen LogP contribution is 2.35. The predicted molar refractivity (Wildman–Crippen MR) is 140 cm³/mol. The van der Waals surface area contributed by atoms with Gasteiger partial charge in [-0.2, -0.15) is 5.26 Å². The molecule has 0 aliphatic carbocycles. The van der Waals surface area contributed by atoms with Gasteiger partial charge in [0.15, 0.2) is 11.5 Å². The summed E-state index contributed by atoms with van der Waals surface area (Å²) in [4.78, 5) is 12.8. The fourth-order valence-corrected chi connectivity index (χ4v) is 3.74. The van der Waals surface area contributed by atoms with Gasteiger partial charge in [-0.05, 0) is 73.0 Å². The smallest absolute Gasteiger partial charge is 0.266 e. The Morgan fingerprint density at radius 3 is 2.41 bits per heavy atom. The summed E-state index contributed by atoms with van der Waals surface area (Å²) in [5.41, 5.74) is 2.84. The third-order valence-electron chi connectivity index (χ3n) is 4.78. The first kappa shape index (κ1) is 25.6. The molecule has 0 radical (unpaired) electrons. The van der Waals surface area contributed by atoms with Crippen molar-refractivity contribution in [3.63, 3.8) is 0 Å². The first-order valence-corrected chi connectivity index (χ1v) is 11.9. The summed E-state index contributed by atoms with van der Waals surface area (Å²) in [6, 6.07) is 18.0. The molecule has 1 amide bonds. The van der Waals surface area contributed by atoms with E-state index >= 15 is 0 Å². The summed E-state index contributed by atoms with van der Waals surface area (Å²) in [6.45, 7) is 4.45. The molecular formula is C26H21BrCl2N2O3. The topological polar surface area (TPSA) is 71.3 Å². The predicted octanol–water partition coefficient (Wildman–Crippen LogP) is 7.59. The maximum Gasteiger partial charge on any atom is 0.266 e. The van der Waals surface area contributed by atoms with E-state index in [1.165, 1.54) is 6.08 Å². The third kappa shape index (κ3) is 6.77. The van der Waals surface area contributed by atoms with Crippen molar-refractivity contribution in [2.45, 2.75) is 20.5 Å². The van der Waals surface area contributed by atoms with E-state index in [-0.39, 0.29) is 5.57 Å². The highest BCUT2D eigenvalue weighted by molar-refractivity contribution is 9.10. The molecule has 0 saturated heterocycles. The number of ether oxygens (including phenoxy) is 2. The summed E-state index contributed by atoms with van der Waals surface area (Å²) in [6.07, 6.45) is 1.49. The molecular weight excluding hydrogens is 539 g/mol. The zero-order valence-electron chi connectivity index (χ0n) is 18.5. The van der Waals surface area contributed by atoms with E-state index in [9.17, 15) is 10.1 Å². The van der Waals surface area contributed by atoms with Gasteiger partial charge in [0.2, 0.25) is 0 Å². The normalized spacial score (nSPS) is 11.0. The fraction of sp³-hybridized carbons (Fsp3) is 0.154. The highest BCUT2D eigenvalue weighted by atomic mass is 79.9. The van der Waals surface area contributed by atoms with Crippen molar-refractivity contribution in [3.8, 4) is 17.6 Å². The molecule has 0 bridgehead atoms. The molecule has 0 aliphatic heterocycles. The van der Waals surface area contributed by atoms with Crippen LogP contribution in [0.3, 0.4) is 0 Å². The van der Waals surface area contributed by atoms with Gasteiger partial charge in [-0.1, -0.05) is 57.3 Å². The minimum atomic E-state index is -0.541. The number of carbonyl (C=O) groups is 1. The van der Waals surface area contributed by atoms with Gasteiger partial charge >= 0.3 is 0 Å². The zero-order chi connectivity index (χ0) is 24.7. The van der Waals surface area contributed by atoms with Crippen LogP contribution in [0.5, 0.6) is 11.5 Å². The zero-order valence-corrected chi connectivity index (χ0v) is 21.6. The lowest BCUT2D eigenvalue weighted by atomic mass is 10.1. The lowest BCUT2D eigenvalue weighted by Gasteiger charge is -2.14. The van der Waals surface area contributed by atoms with E-state index in [2.05, 4.69) is 21.2 Å². The van der Waals surface area contributed by atoms with Crippen molar-refractivity contribution in [2.75, 3.05) is 11.9 Å². The SMILES string of the molecule is CCOc1cc(/C=C(\C#N)C(=O)Nc2cc(Cl)ccc2C)c(Br)cc1OCc1ccc(Cl)cc1. The van der Waals surface area contributed by atoms with Gasteiger partial charge in [0.1, 0.15) is 18.2 Å². The number of hydrogen-bond acceptors (Lipinski definition) is 4. The van der Waals surface area contributed by atoms with Crippen molar-refractivity contribution in [1.82, 2.24) is 0 Å². The van der Waals surface area contributed by atoms with E-state index in [1.807, 2.05) is 32.0 Å². The molecule has 174 valence electrons. The molecule has 0 spiro atoms. The number of anilines is 1. The maximum atomic E-state index is 12.8. The lowest BCUT2D eigenvalue weighted by molar-refractivity contribution is -0.112. The second-order valence-electron chi connectivity index (χ2n) is 7.25. The molecule has 0 fully saturated rings. The van der Waals surface area contributed by atoms with Crippen molar-refractivity contribution in [2.24, 2.45) is 0 Å². The number of hydrogen-bond donors (Lipinski definition) is 1. The molecule has 3 rings (SSSR count). The van der Waals surface area contributed by atoms with E-state index in [0.29, 0.717) is 50.5 Å². The summed E-state index contributed by atoms with van der Waals surface area (Å²) in [5, 5.41) is 13.5. The highest BCUT2D eigenvalue weighted by Gasteiger charge is 2.15. The van der Waals surface area contributed by atoms with Gasteiger partial charge in [-0.25, -0.2) is 0 Å². The van der Waals surface area contributed by atoms with Crippen molar-refractivity contribution in [3.05, 3.63) is 91.4 Å². The van der Waals surface area contributed by atoms with Crippen molar-refractivity contribution >= 4 is 56.8 Å². The van der Waals surface area contributed by atoms with Crippen molar-refractivity contribution in [1.29, 1.82) is 5.26 Å². The minimum absolute atomic E-state index is 0.0719. The average molecular weight is 560 g/mol. The summed E-state index contributed by atoms with van der Waals surface area (Å²) < 4.78 is 12.3. The standard InChI is InChI=1S/C26H21BrCl2N2O3/c1-3-33-24-11-18(22(27)13-25(24)34-15-17-5-8-20(28)9-6-17)10-19(14-30)26(32)31-23-12-21(29)7-4-16(23)2/h4-13H,3,15H2,1-2H3,(H,31,32)/b19-10+. The monoisotopic (exact) mass is 558 g/mol. The Labute approximate surface area is 217 Å². The van der Waals surface area contributed by atoms with Gasteiger partial charge in [-0.3, -0.25) is 4.79 Å². The number of aryl methyl sites for hydroxylation is 1. The lowest BCUT2D eigenvalue weighted by Crippen LogP contribution is -2.14. The number of nitrogens with zero attached hydrogens (tertiary/aromatic N) is 1. The van der Waals surface area contributed by atoms with Crippen LogP contribution in [0.2, 0.25) is 10.0 Å². The Hall–Kier alpha value is -2.98. The molecule has 0 aliphatic rings. The number of nitrogens with one attached hydrogen (secondary N) is 1. The molecule has 8 heteroatoms. The molecule has 0 aromatic heterocycles. The van der Waals surface area contributed by atoms with Crippen LogP contribution in [0, 0.1) is 18.3 Å². The van der Waals surface area contributed by atoms with Crippen LogP contribution in [0.15, 0.2) is 64.6 Å². The van der Waals surface area contributed by atoms with Crippen LogP contribution < -0.4 is 14.8 Å². The fourth-order valence-electron chi connectivity index (χ4n) is 3.01. The second kappa shape index (κ2) is 11.9. The molecule has 0 atom stereocenters. The Bertz CT molecular complexity index is 1270. The molecule has 0 saturated carbocycles.